The van der Waals surface area contributed by atoms with Crippen LogP contribution >= 0.6 is 11.3 Å². The quantitative estimate of drug-likeness (QED) is 0.700. The number of hydrogen-bond donors (Lipinski definition) is 1. The zero-order valence-corrected chi connectivity index (χ0v) is 13.1. The minimum atomic E-state index is 0.676. The van der Waals surface area contributed by atoms with Gasteiger partial charge in [0.2, 0.25) is 0 Å². The molecule has 110 valence electrons. The van der Waals surface area contributed by atoms with Crippen LogP contribution in [0.4, 0.5) is 0 Å². The predicted molar refractivity (Wildman–Crippen MR) is 87.8 cm³/mol. The second kappa shape index (κ2) is 6.37. The molecule has 0 unspecified atom stereocenters. The topological polar surface area (TPSA) is 43.2 Å². The summed E-state index contributed by atoms with van der Waals surface area (Å²) in [5.74, 6) is 0.676. The molecular weight excluding hydrogens is 280 g/mol. The monoisotopic (exact) mass is 300 g/mol. The van der Waals surface area contributed by atoms with Crippen molar-refractivity contribution in [2.75, 3.05) is 26.2 Å². The number of amidine groups is 1. The SMILES string of the molecule is CC(=N)N1CCN(Cc2csc(-c3ccccc3)n2)CC1. The third kappa shape index (κ3) is 3.49. The van der Waals surface area contributed by atoms with Gasteiger partial charge >= 0.3 is 0 Å². The summed E-state index contributed by atoms with van der Waals surface area (Å²) < 4.78 is 0. The summed E-state index contributed by atoms with van der Waals surface area (Å²) in [6.45, 7) is 6.69. The highest BCUT2D eigenvalue weighted by atomic mass is 32.1. The Morgan fingerprint density at radius 2 is 1.90 bits per heavy atom. The van der Waals surface area contributed by atoms with Crippen molar-refractivity contribution < 1.29 is 0 Å². The summed E-state index contributed by atoms with van der Waals surface area (Å²) in [6.07, 6.45) is 0. The van der Waals surface area contributed by atoms with Gasteiger partial charge in [-0.2, -0.15) is 0 Å². The van der Waals surface area contributed by atoms with Crippen LogP contribution in [-0.2, 0) is 6.54 Å². The maximum absolute atomic E-state index is 7.67. The molecule has 0 aliphatic carbocycles. The van der Waals surface area contributed by atoms with Crippen molar-refractivity contribution in [2.45, 2.75) is 13.5 Å². The Balaban J connectivity index is 1.60. The average molecular weight is 300 g/mol. The first-order chi connectivity index (χ1) is 10.2. The second-order valence-corrected chi connectivity index (χ2v) is 6.22. The maximum atomic E-state index is 7.67. The molecule has 1 aromatic carbocycles. The summed E-state index contributed by atoms with van der Waals surface area (Å²) in [5, 5.41) is 10.9. The highest BCUT2D eigenvalue weighted by Crippen LogP contribution is 2.24. The zero-order chi connectivity index (χ0) is 14.7. The van der Waals surface area contributed by atoms with Crippen LogP contribution in [0.15, 0.2) is 35.7 Å². The van der Waals surface area contributed by atoms with Crippen molar-refractivity contribution in [3.63, 3.8) is 0 Å². The van der Waals surface area contributed by atoms with E-state index in [1.54, 1.807) is 11.3 Å². The minimum Gasteiger partial charge on any atom is -0.358 e. The Bertz CT molecular complexity index is 600. The molecule has 1 N–H and O–H groups in total. The molecule has 1 aliphatic rings. The van der Waals surface area contributed by atoms with Gasteiger partial charge < -0.3 is 4.90 Å². The number of benzene rings is 1. The van der Waals surface area contributed by atoms with E-state index in [0.717, 1.165) is 43.4 Å². The second-order valence-electron chi connectivity index (χ2n) is 5.36. The van der Waals surface area contributed by atoms with Crippen molar-refractivity contribution in [3.05, 3.63) is 41.4 Å². The van der Waals surface area contributed by atoms with Gasteiger partial charge in [-0.1, -0.05) is 30.3 Å². The molecule has 2 aromatic rings. The molecule has 5 heteroatoms. The molecule has 1 fully saturated rings. The number of aromatic nitrogens is 1. The van der Waals surface area contributed by atoms with Crippen LogP contribution in [0.2, 0.25) is 0 Å². The van der Waals surface area contributed by atoms with Crippen LogP contribution in [0.3, 0.4) is 0 Å². The molecule has 2 heterocycles. The largest absolute Gasteiger partial charge is 0.358 e. The molecule has 1 aliphatic heterocycles. The zero-order valence-electron chi connectivity index (χ0n) is 12.2. The van der Waals surface area contributed by atoms with Crippen molar-refractivity contribution >= 4 is 17.2 Å². The van der Waals surface area contributed by atoms with Crippen LogP contribution < -0.4 is 0 Å². The molecule has 0 bridgehead atoms. The highest BCUT2D eigenvalue weighted by Gasteiger charge is 2.18. The van der Waals surface area contributed by atoms with Crippen LogP contribution in [-0.4, -0.2) is 46.8 Å². The van der Waals surface area contributed by atoms with E-state index in [-0.39, 0.29) is 0 Å². The number of nitrogens with zero attached hydrogens (tertiary/aromatic N) is 3. The number of thiazole rings is 1. The van der Waals surface area contributed by atoms with E-state index in [1.165, 1.54) is 5.56 Å². The normalized spacial score (nSPS) is 16.1. The van der Waals surface area contributed by atoms with Crippen LogP contribution in [0.1, 0.15) is 12.6 Å². The lowest BCUT2D eigenvalue weighted by molar-refractivity contribution is 0.173. The van der Waals surface area contributed by atoms with Crippen molar-refractivity contribution in [1.82, 2.24) is 14.8 Å². The van der Waals surface area contributed by atoms with Gasteiger partial charge in [-0.3, -0.25) is 10.3 Å². The van der Waals surface area contributed by atoms with E-state index < -0.39 is 0 Å². The van der Waals surface area contributed by atoms with Gasteiger partial charge in [0.25, 0.3) is 0 Å². The third-order valence-corrected chi connectivity index (χ3v) is 4.74. The summed E-state index contributed by atoms with van der Waals surface area (Å²) in [4.78, 5) is 9.30. The van der Waals surface area contributed by atoms with Crippen molar-refractivity contribution in [2.24, 2.45) is 0 Å². The number of piperazine rings is 1. The van der Waals surface area contributed by atoms with E-state index in [1.807, 2.05) is 13.0 Å². The number of hydrogen-bond acceptors (Lipinski definition) is 4. The first-order valence-electron chi connectivity index (χ1n) is 7.24. The van der Waals surface area contributed by atoms with Gasteiger partial charge in [0.15, 0.2) is 0 Å². The van der Waals surface area contributed by atoms with E-state index >= 15 is 0 Å². The molecule has 21 heavy (non-hydrogen) atoms. The smallest absolute Gasteiger partial charge is 0.123 e. The fourth-order valence-corrected chi connectivity index (χ4v) is 3.38. The molecule has 0 spiro atoms. The van der Waals surface area contributed by atoms with Crippen LogP contribution in [0.25, 0.3) is 10.6 Å². The predicted octanol–water partition coefficient (Wildman–Crippen LogP) is 2.92. The fraction of sp³-hybridized carbons (Fsp3) is 0.375. The molecule has 4 nitrogen and oxygen atoms in total. The summed E-state index contributed by atoms with van der Waals surface area (Å²) in [5.41, 5.74) is 2.34. The molecule has 3 rings (SSSR count). The van der Waals surface area contributed by atoms with Crippen molar-refractivity contribution in [1.29, 1.82) is 5.41 Å². The van der Waals surface area contributed by atoms with Gasteiger partial charge in [0, 0.05) is 43.7 Å². The lowest BCUT2D eigenvalue weighted by atomic mass is 10.2. The minimum absolute atomic E-state index is 0.676. The van der Waals surface area contributed by atoms with Gasteiger partial charge in [-0.25, -0.2) is 4.98 Å². The number of nitrogens with one attached hydrogen (secondary N) is 1. The van der Waals surface area contributed by atoms with Gasteiger partial charge in [0.1, 0.15) is 5.01 Å². The maximum Gasteiger partial charge on any atom is 0.123 e. The van der Waals surface area contributed by atoms with E-state index in [9.17, 15) is 0 Å². The Kier molecular flexibility index (Phi) is 4.31. The first kappa shape index (κ1) is 14.2. The Hall–Kier alpha value is -1.72. The molecule has 0 saturated carbocycles. The van der Waals surface area contributed by atoms with Gasteiger partial charge in [0.05, 0.1) is 11.5 Å². The first-order valence-corrected chi connectivity index (χ1v) is 8.12. The third-order valence-electron chi connectivity index (χ3n) is 3.80. The fourth-order valence-electron chi connectivity index (χ4n) is 2.56. The van der Waals surface area contributed by atoms with E-state index in [4.69, 9.17) is 10.4 Å². The Morgan fingerprint density at radius 3 is 2.57 bits per heavy atom. The van der Waals surface area contributed by atoms with E-state index in [0.29, 0.717) is 5.84 Å². The Morgan fingerprint density at radius 1 is 1.19 bits per heavy atom. The molecular formula is C16H20N4S. The molecule has 0 amide bonds. The molecule has 1 saturated heterocycles. The van der Waals surface area contributed by atoms with Crippen molar-refractivity contribution in [3.8, 4) is 10.6 Å². The Labute approximate surface area is 129 Å². The lowest BCUT2D eigenvalue weighted by Crippen LogP contribution is -2.47. The van der Waals surface area contributed by atoms with Gasteiger partial charge in [-0.15, -0.1) is 11.3 Å². The van der Waals surface area contributed by atoms with Gasteiger partial charge in [-0.05, 0) is 6.92 Å². The highest BCUT2D eigenvalue weighted by molar-refractivity contribution is 7.13. The molecule has 0 radical (unpaired) electrons. The molecule has 1 aromatic heterocycles. The van der Waals surface area contributed by atoms with Crippen LogP contribution in [0.5, 0.6) is 0 Å². The molecule has 0 atom stereocenters. The summed E-state index contributed by atoms with van der Waals surface area (Å²) >= 11 is 1.71. The standard InChI is InChI=1S/C16H20N4S/c1-13(17)20-9-7-19(8-10-20)11-15-12-21-16(18-15)14-5-3-2-4-6-14/h2-6,12,17H,7-11H2,1H3. The lowest BCUT2D eigenvalue weighted by Gasteiger charge is -2.34. The summed E-state index contributed by atoms with van der Waals surface area (Å²) in [6, 6.07) is 10.3. The van der Waals surface area contributed by atoms with Crippen LogP contribution in [0, 0.1) is 5.41 Å². The summed E-state index contributed by atoms with van der Waals surface area (Å²) in [7, 11) is 0. The van der Waals surface area contributed by atoms with E-state index in [2.05, 4.69) is 39.4 Å². The average Bonchev–Trinajstić information content (AvgIpc) is 2.97. The number of rotatable bonds is 3.